The topological polar surface area (TPSA) is 55.5 Å². The maximum Gasteiger partial charge on any atom is 0.120 e. The molecule has 0 aliphatic carbocycles. The van der Waals surface area contributed by atoms with Crippen LogP contribution in [0, 0.1) is 5.92 Å². The van der Waals surface area contributed by atoms with E-state index in [4.69, 9.17) is 10.5 Å². The summed E-state index contributed by atoms with van der Waals surface area (Å²) in [5.41, 5.74) is 7.36. The molecular weight excluding hydrogens is 222 g/mol. The summed E-state index contributed by atoms with van der Waals surface area (Å²) in [6.07, 6.45) is 0.623. The summed E-state index contributed by atoms with van der Waals surface area (Å²) in [6.45, 7) is 0. The molecule has 0 aromatic heterocycles. The normalized spacial score (nSPS) is 22.0. The highest BCUT2D eigenvalue weighted by molar-refractivity contribution is 7.99. The van der Waals surface area contributed by atoms with Gasteiger partial charge in [0.05, 0.1) is 13.2 Å². The van der Waals surface area contributed by atoms with E-state index in [-0.39, 0.29) is 0 Å². The Labute approximate surface area is 100.0 Å². The molecule has 0 radical (unpaired) electrons. The Balaban J connectivity index is 2.19. The van der Waals surface area contributed by atoms with E-state index in [9.17, 15) is 5.11 Å². The number of anilines is 1. The number of rotatable bonds is 3. The van der Waals surface area contributed by atoms with Crippen molar-refractivity contribution in [1.29, 1.82) is 0 Å². The minimum Gasteiger partial charge on any atom is -0.497 e. The van der Waals surface area contributed by atoms with Crippen molar-refractivity contribution in [3.8, 4) is 5.75 Å². The smallest absolute Gasteiger partial charge is 0.120 e. The van der Waals surface area contributed by atoms with Crippen LogP contribution in [0.4, 0.5) is 5.69 Å². The first-order valence-electron chi connectivity index (χ1n) is 5.41. The van der Waals surface area contributed by atoms with Crippen LogP contribution in [0.15, 0.2) is 18.2 Å². The number of aliphatic hydroxyl groups excluding tert-OH is 1. The zero-order chi connectivity index (χ0) is 11.5. The SMILES string of the molecule is COc1ccc(C(O)C2CCSC2)c(N)c1. The van der Waals surface area contributed by atoms with E-state index in [1.807, 2.05) is 23.9 Å². The van der Waals surface area contributed by atoms with Gasteiger partial charge in [-0.15, -0.1) is 0 Å². The lowest BCUT2D eigenvalue weighted by Crippen LogP contribution is -2.13. The molecule has 0 spiro atoms. The average molecular weight is 239 g/mol. The Morgan fingerprint density at radius 2 is 2.38 bits per heavy atom. The molecule has 2 atom stereocenters. The van der Waals surface area contributed by atoms with E-state index in [1.165, 1.54) is 0 Å². The van der Waals surface area contributed by atoms with Gasteiger partial charge in [-0.1, -0.05) is 6.07 Å². The molecule has 4 heteroatoms. The van der Waals surface area contributed by atoms with Crippen molar-refractivity contribution in [3.63, 3.8) is 0 Å². The van der Waals surface area contributed by atoms with E-state index in [2.05, 4.69) is 0 Å². The number of ether oxygens (including phenoxy) is 1. The Bertz CT molecular complexity index is 364. The summed E-state index contributed by atoms with van der Waals surface area (Å²) in [5, 5.41) is 10.2. The molecular formula is C12H17NO2S. The van der Waals surface area contributed by atoms with E-state index in [0.29, 0.717) is 11.6 Å². The number of hydrogen-bond acceptors (Lipinski definition) is 4. The molecule has 1 fully saturated rings. The molecule has 2 unspecified atom stereocenters. The number of hydrogen-bond donors (Lipinski definition) is 2. The molecule has 3 nitrogen and oxygen atoms in total. The van der Waals surface area contributed by atoms with Gasteiger partial charge in [0.25, 0.3) is 0 Å². The molecule has 0 bridgehead atoms. The van der Waals surface area contributed by atoms with Crippen LogP contribution < -0.4 is 10.5 Å². The Morgan fingerprint density at radius 3 is 2.94 bits per heavy atom. The second-order valence-electron chi connectivity index (χ2n) is 4.06. The van der Waals surface area contributed by atoms with Crippen LogP contribution in [0.25, 0.3) is 0 Å². The van der Waals surface area contributed by atoms with Gasteiger partial charge in [-0.05, 0) is 29.9 Å². The fourth-order valence-electron chi connectivity index (χ4n) is 2.00. The molecule has 3 N–H and O–H groups in total. The first-order chi connectivity index (χ1) is 7.72. The lowest BCUT2D eigenvalue weighted by Gasteiger charge is -2.19. The van der Waals surface area contributed by atoms with E-state index in [0.717, 1.165) is 29.2 Å². The quantitative estimate of drug-likeness (QED) is 0.793. The highest BCUT2D eigenvalue weighted by Gasteiger charge is 2.26. The fraction of sp³-hybridized carbons (Fsp3) is 0.500. The van der Waals surface area contributed by atoms with Gasteiger partial charge in [0.15, 0.2) is 0 Å². The molecule has 88 valence electrons. The third kappa shape index (κ3) is 2.28. The van der Waals surface area contributed by atoms with Gasteiger partial charge in [0, 0.05) is 17.3 Å². The maximum atomic E-state index is 10.2. The second-order valence-corrected chi connectivity index (χ2v) is 5.21. The molecule has 1 saturated heterocycles. The number of methoxy groups -OCH3 is 1. The predicted octanol–water partition coefficient (Wildman–Crippen LogP) is 2.06. The Hall–Kier alpha value is -0.870. The fourth-order valence-corrected chi connectivity index (χ4v) is 3.29. The molecule has 1 aliphatic heterocycles. The summed E-state index contributed by atoms with van der Waals surface area (Å²) < 4.78 is 5.09. The molecule has 1 heterocycles. The number of aliphatic hydroxyl groups is 1. The van der Waals surface area contributed by atoms with Crippen LogP contribution in [0.1, 0.15) is 18.1 Å². The van der Waals surface area contributed by atoms with Crippen molar-refractivity contribution in [2.75, 3.05) is 24.3 Å². The number of thioether (sulfide) groups is 1. The molecule has 0 saturated carbocycles. The summed E-state index contributed by atoms with van der Waals surface area (Å²) in [4.78, 5) is 0. The molecule has 1 aromatic rings. The van der Waals surface area contributed by atoms with Crippen molar-refractivity contribution in [3.05, 3.63) is 23.8 Å². The lowest BCUT2D eigenvalue weighted by molar-refractivity contribution is 0.122. The standard InChI is InChI=1S/C12H17NO2S/c1-15-9-2-3-10(11(13)6-9)12(14)8-4-5-16-7-8/h2-3,6,8,12,14H,4-5,7,13H2,1H3. The van der Waals surface area contributed by atoms with E-state index in [1.54, 1.807) is 13.2 Å². The van der Waals surface area contributed by atoms with Crippen LogP contribution >= 0.6 is 11.8 Å². The number of nitrogens with two attached hydrogens (primary N) is 1. The van der Waals surface area contributed by atoms with E-state index < -0.39 is 6.10 Å². The number of nitrogen functional groups attached to an aromatic ring is 1. The van der Waals surface area contributed by atoms with Crippen molar-refractivity contribution >= 4 is 17.4 Å². The monoisotopic (exact) mass is 239 g/mol. The van der Waals surface area contributed by atoms with Gasteiger partial charge < -0.3 is 15.6 Å². The van der Waals surface area contributed by atoms with Crippen LogP contribution in [0.3, 0.4) is 0 Å². The average Bonchev–Trinajstić information content (AvgIpc) is 2.81. The summed E-state index contributed by atoms with van der Waals surface area (Å²) >= 11 is 1.89. The zero-order valence-corrected chi connectivity index (χ0v) is 10.2. The molecule has 1 aromatic carbocycles. The van der Waals surface area contributed by atoms with Crippen molar-refractivity contribution < 1.29 is 9.84 Å². The van der Waals surface area contributed by atoms with Crippen LogP contribution in [-0.4, -0.2) is 23.7 Å². The van der Waals surface area contributed by atoms with E-state index >= 15 is 0 Å². The Kier molecular flexibility index (Phi) is 3.61. The van der Waals surface area contributed by atoms with Gasteiger partial charge in [0.1, 0.15) is 5.75 Å². The van der Waals surface area contributed by atoms with Crippen LogP contribution in [0.2, 0.25) is 0 Å². The minimum atomic E-state index is -0.444. The minimum absolute atomic E-state index is 0.334. The zero-order valence-electron chi connectivity index (χ0n) is 9.35. The summed E-state index contributed by atoms with van der Waals surface area (Å²) in [6, 6.07) is 5.47. The first kappa shape index (κ1) is 11.6. The van der Waals surface area contributed by atoms with Crippen LogP contribution in [0.5, 0.6) is 5.75 Å². The van der Waals surface area contributed by atoms with Gasteiger partial charge in [-0.25, -0.2) is 0 Å². The molecule has 1 aliphatic rings. The highest BCUT2D eigenvalue weighted by Crippen LogP contribution is 2.36. The van der Waals surface area contributed by atoms with Gasteiger partial charge in [-0.3, -0.25) is 0 Å². The predicted molar refractivity (Wildman–Crippen MR) is 67.8 cm³/mol. The maximum absolute atomic E-state index is 10.2. The van der Waals surface area contributed by atoms with Crippen LogP contribution in [-0.2, 0) is 0 Å². The second kappa shape index (κ2) is 4.97. The van der Waals surface area contributed by atoms with Gasteiger partial charge >= 0.3 is 0 Å². The number of benzene rings is 1. The Morgan fingerprint density at radius 1 is 1.56 bits per heavy atom. The summed E-state index contributed by atoms with van der Waals surface area (Å²) in [5.74, 6) is 3.22. The van der Waals surface area contributed by atoms with Gasteiger partial charge in [0.2, 0.25) is 0 Å². The third-order valence-corrected chi connectivity index (χ3v) is 4.21. The lowest BCUT2D eigenvalue weighted by atomic mass is 9.94. The third-order valence-electron chi connectivity index (χ3n) is 3.02. The molecule has 2 rings (SSSR count). The van der Waals surface area contributed by atoms with Crippen molar-refractivity contribution in [2.24, 2.45) is 5.92 Å². The van der Waals surface area contributed by atoms with Crippen molar-refractivity contribution in [1.82, 2.24) is 0 Å². The molecule has 16 heavy (non-hydrogen) atoms. The van der Waals surface area contributed by atoms with Crippen molar-refractivity contribution in [2.45, 2.75) is 12.5 Å². The first-order valence-corrected chi connectivity index (χ1v) is 6.57. The highest BCUT2D eigenvalue weighted by atomic mass is 32.2. The summed E-state index contributed by atoms with van der Waals surface area (Å²) in [7, 11) is 1.61. The van der Waals surface area contributed by atoms with Gasteiger partial charge in [-0.2, -0.15) is 11.8 Å². The largest absolute Gasteiger partial charge is 0.497 e. The molecule has 0 amide bonds.